The van der Waals surface area contributed by atoms with Crippen molar-refractivity contribution in [1.82, 2.24) is 0 Å². The molecular weight excluding hydrogens is 605 g/mol. The molecule has 0 amide bonds. The summed E-state index contributed by atoms with van der Waals surface area (Å²) < 4.78 is 84.7. The minimum absolute atomic E-state index is 0.00845. The number of fused-ring (bicyclic) bond motifs is 7. The Kier molecular flexibility index (Phi) is 4.84. The first-order valence-electron chi connectivity index (χ1n) is 21.1. The molecule has 0 atom stereocenters. The molecule has 0 aliphatic carbocycles. The van der Waals surface area contributed by atoms with Crippen LogP contribution < -0.4 is 0 Å². The van der Waals surface area contributed by atoms with E-state index in [9.17, 15) is 0 Å². The second kappa shape index (κ2) is 11.6. The Morgan fingerprint density at radius 3 is 1.92 bits per heavy atom. The van der Waals surface area contributed by atoms with Crippen LogP contribution in [0.2, 0.25) is 0 Å². The molecule has 0 spiro atoms. The highest BCUT2D eigenvalue weighted by Crippen LogP contribution is 2.46. The average molecular weight is 646 g/mol. The Morgan fingerprint density at radius 2 is 1.14 bits per heavy atom. The smallest absolute Gasteiger partial charge is 0.143 e. The normalized spacial score (nSPS) is 14.2. The van der Waals surface area contributed by atoms with E-state index in [0.29, 0.717) is 0 Å². The second-order valence-electron chi connectivity index (χ2n) is 12.5. The van der Waals surface area contributed by atoms with Crippen LogP contribution in [0, 0.1) is 0 Å². The fourth-order valence-corrected chi connectivity index (χ4v) is 7.57. The van der Waals surface area contributed by atoms with Gasteiger partial charge in [-0.2, -0.15) is 0 Å². The Bertz CT molecular complexity index is 3320. The van der Waals surface area contributed by atoms with Crippen LogP contribution in [0.5, 0.6) is 0 Å². The van der Waals surface area contributed by atoms with Gasteiger partial charge in [0.05, 0.1) is 12.3 Å². The molecular formula is C49H32O. The van der Waals surface area contributed by atoms with Gasteiger partial charge < -0.3 is 4.42 Å². The number of hydrogen-bond acceptors (Lipinski definition) is 1. The van der Waals surface area contributed by atoms with Gasteiger partial charge in [-0.15, -0.1) is 0 Å². The number of benzene rings is 9. The Hall–Kier alpha value is -6.44. The van der Waals surface area contributed by atoms with Crippen molar-refractivity contribution in [2.45, 2.75) is 6.42 Å². The maximum atomic E-state index is 9.16. The molecule has 10 rings (SSSR count). The van der Waals surface area contributed by atoms with Crippen LogP contribution in [-0.2, 0) is 6.42 Å². The highest BCUT2D eigenvalue weighted by Gasteiger charge is 2.21. The summed E-state index contributed by atoms with van der Waals surface area (Å²) in [5, 5.41) is 7.58. The third kappa shape index (κ3) is 4.55. The van der Waals surface area contributed by atoms with E-state index in [4.69, 9.17) is 16.8 Å². The molecule has 1 nitrogen and oxygen atoms in total. The minimum Gasteiger partial charge on any atom is -0.455 e. The molecule has 234 valence electrons. The van der Waals surface area contributed by atoms with E-state index >= 15 is 0 Å². The fraction of sp³-hybridized carbons (Fsp3) is 0.0204. The van der Waals surface area contributed by atoms with Gasteiger partial charge in [0.2, 0.25) is 0 Å². The van der Waals surface area contributed by atoms with Gasteiger partial charge >= 0.3 is 0 Å². The number of furan rings is 1. The fourth-order valence-electron chi connectivity index (χ4n) is 7.57. The second-order valence-corrected chi connectivity index (χ2v) is 12.5. The predicted molar refractivity (Wildman–Crippen MR) is 212 cm³/mol. The SMILES string of the molecule is [2H]c1c([2H])c([2H])c(-c2c([2H])c([2H])c([2H])c([2H])c2Cc2c3ccccc3c(-c3cccc4oc5c6ccc(-c7ccccc7)cc6ccc5c34)c3ccccc23)c([2H])c1[2H]. The molecule has 0 N–H and O–H groups in total. The van der Waals surface area contributed by atoms with Crippen molar-refractivity contribution in [1.29, 1.82) is 0 Å². The molecule has 0 saturated carbocycles. The highest BCUT2D eigenvalue weighted by molar-refractivity contribution is 6.24. The standard InChI is InChI=1S/C49H32O/c1-3-14-32(15-4-1)34-26-28-38-36(30-34)27-29-44-48-43(24-13-25-46(48)50-49(38)44)47-41-22-11-9-20-39(41)45(40-21-10-12-23-42(40)47)31-35-18-7-8-19-37(35)33-16-5-2-6-17-33/h1-30H,31H2/i2D,5D,6D,7D,8D,16D,17D,18D,19D. The minimum atomic E-state index is -0.579. The summed E-state index contributed by atoms with van der Waals surface area (Å²) in [5.74, 6) is 0. The maximum absolute atomic E-state index is 9.16. The molecule has 1 heterocycles. The summed E-state index contributed by atoms with van der Waals surface area (Å²) in [5.41, 5.74) is 6.32. The summed E-state index contributed by atoms with van der Waals surface area (Å²) in [4.78, 5) is 0. The van der Waals surface area contributed by atoms with E-state index in [2.05, 4.69) is 60.7 Å². The van der Waals surface area contributed by atoms with Crippen LogP contribution >= 0.6 is 0 Å². The maximum Gasteiger partial charge on any atom is 0.143 e. The number of hydrogen-bond donors (Lipinski definition) is 0. The van der Waals surface area contributed by atoms with Gasteiger partial charge in [-0.05, 0) is 102 Å². The van der Waals surface area contributed by atoms with Crippen LogP contribution in [-0.4, -0.2) is 0 Å². The van der Waals surface area contributed by atoms with Gasteiger partial charge in [0.15, 0.2) is 0 Å². The van der Waals surface area contributed by atoms with Gasteiger partial charge in [-0.3, -0.25) is 0 Å². The molecule has 0 bridgehead atoms. The van der Waals surface area contributed by atoms with Gasteiger partial charge in [0.1, 0.15) is 11.2 Å². The predicted octanol–water partition coefficient (Wildman–Crippen LogP) is 13.6. The third-order valence-corrected chi connectivity index (χ3v) is 9.77. The topological polar surface area (TPSA) is 13.1 Å². The van der Waals surface area contributed by atoms with Gasteiger partial charge in [-0.1, -0.05) is 158 Å². The van der Waals surface area contributed by atoms with Crippen molar-refractivity contribution in [3.8, 4) is 33.4 Å². The summed E-state index contributed by atoms with van der Waals surface area (Å²) in [6.07, 6.45) is -0.00845. The summed E-state index contributed by atoms with van der Waals surface area (Å²) in [6.45, 7) is 0. The Labute approximate surface area is 303 Å². The quantitative estimate of drug-likeness (QED) is 0.170. The molecule has 0 radical (unpaired) electrons. The molecule has 0 saturated heterocycles. The molecule has 0 unspecified atom stereocenters. The first-order chi connectivity index (χ1) is 28.5. The summed E-state index contributed by atoms with van der Waals surface area (Å²) >= 11 is 0. The molecule has 50 heavy (non-hydrogen) atoms. The van der Waals surface area contributed by atoms with Gasteiger partial charge in [-0.25, -0.2) is 0 Å². The average Bonchev–Trinajstić information content (AvgIpc) is 3.66. The van der Waals surface area contributed by atoms with Crippen molar-refractivity contribution in [3.05, 3.63) is 193 Å². The monoisotopic (exact) mass is 645 g/mol. The van der Waals surface area contributed by atoms with E-state index < -0.39 is 48.3 Å². The lowest BCUT2D eigenvalue weighted by Crippen LogP contribution is -1.97. The van der Waals surface area contributed by atoms with Gasteiger partial charge in [0, 0.05) is 16.2 Å². The Balaban J connectivity index is 1.23. The number of rotatable bonds is 5. The molecule has 1 heteroatoms. The first-order valence-corrected chi connectivity index (χ1v) is 16.6. The van der Waals surface area contributed by atoms with Gasteiger partial charge in [0.25, 0.3) is 0 Å². The molecule has 0 fully saturated rings. The Morgan fingerprint density at radius 1 is 0.460 bits per heavy atom. The lowest BCUT2D eigenvalue weighted by Gasteiger charge is -2.19. The van der Waals surface area contributed by atoms with Crippen LogP contribution in [0.15, 0.2) is 186 Å². The van der Waals surface area contributed by atoms with Crippen molar-refractivity contribution in [3.63, 3.8) is 0 Å². The third-order valence-electron chi connectivity index (χ3n) is 9.77. The van der Waals surface area contributed by atoms with Crippen molar-refractivity contribution in [2.24, 2.45) is 0 Å². The lowest BCUT2D eigenvalue weighted by molar-refractivity contribution is 0.673. The van der Waals surface area contributed by atoms with Crippen LogP contribution in [0.4, 0.5) is 0 Å². The van der Waals surface area contributed by atoms with Crippen LogP contribution in [0.1, 0.15) is 23.5 Å². The van der Waals surface area contributed by atoms with E-state index in [1.54, 1.807) is 0 Å². The van der Waals surface area contributed by atoms with E-state index in [1.165, 1.54) is 0 Å². The zero-order valence-electron chi connectivity index (χ0n) is 35.7. The largest absolute Gasteiger partial charge is 0.455 e. The molecule has 10 aromatic rings. The molecule has 0 aliphatic rings. The van der Waals surface area contributed by atoms with E-state index in [1.807, 2.05) is 66.7 Å². The summed E-state index contributed by atoms with van der Waals surface area (Å²) in [7, 11) is 0. The van der Waals surface area contributed by atoms with E-state index in [0.717, 1.165) is 82.1 Å². The van der Waals surface area contributed by atoms with E-state index in [-0.39, 0.29) is 29.2 Å². The van der Waals surface area contributed by atoms with Crippen molar-refractivity contribution < 1.29 is 16.8 Å². The first kappa shape index (κ1) is 20.8. The van der Waals surface area contributed by atoms with Crippen LogP contribution in [0.25, 0.3) is 87.6 Å². The molecule has 1 aromatic heterocycles. The lowest BCUT2D eigenvalue weighted by atomic mass is 9.84. The zero-order valence-corrected chi connectivity index (χ0v) is 26.7. The zero-order chi connectivity index (χ0) is 40.9. The molecule has 0 aliphatic heterocycles. The highest BCUT2D eigenvalue weighted by atomic mass is 16.3. The van der Waals surface area contributed by atoms with Crippen molar-refractivity contribution >= 4 is 54.3 Å². The molecule has 9 aromatic carbocycles. The van der Waals surface area contributed by atoms with Crippen molar-refractivity contribution in [2.75, 3.05) is 0 Å². The summed E-state index contributed by atoms with van der Waals surface area (Å²) in [6, 6.07) is 38.4. The van der Waals surface area contributed by atoms with Crippen LogP contribution in [0.3, 0.4) is 0 Å².